The molecule has 0 radical (unpaired) electrons. The number of hydrogen-bond acceptors (Lipinski definition) is 2. The number of aromatic nitrogens is 1. The minimum Gasteiger partial charge on any atom is -0.478 e. The van der Waals surface area contributed by atoms with Crippen LogP contribution in [0.1, 0.15) is 56.1 Å². The van der Waals surface area contributed by atoms with Gasteiger partial charge in [0.25, 0.3) is 0 Å². The minimum absolute atomic E-state index is 0.0183. The van der Waals surface area contributed by atoms with Crippen molar-refractivity contribution in [3.63, 3.8) is 0 Å². The summed E-state index contributed by atoms with van der Waals surface area (Å²) in [5, 5.41) is 12.0. The molecule has 0 aromatic carbocycles. The molecule has 0 aliphatic rings. The maximum atomic E-state index is 11.6. The van der Waals surface area contributed by atoms with Crippen LogP contribution in [0.3, 0.4) is 0 Å². The van der Waals surface area contributed by atoms with Crippen molar-refractivity contribution in [2.45, 2.75) is 52.6 Å². The molecule has 1 aromatic rings. The molecule has 0 atom stereocenters. The van der Waals surface area contributed by atoms with Crippen LogP contribution < -0.4 is 5.32 Å². The normalized spacial score (nSPS) is 11.1. The predicted molar refractivity (Wildman–Crippen MR) is 73.4 cm³/mol. The molecule has 0 unspecified atom stereocenters. The van der Waals surface area contributed by atoms with E-state index in [9.17, 15) is 9.59 Å². The Morgan fingerprint density at radius 2 is 1.95 bits per heavy atom. The van der Waals surface area contributed by atoms with Gasteiger partial charge in [0.2, 0.25) is 5.91 Å². The third-order valence-corrected chi connectivity index (χ3v) is 2.81. The fourth-order valence-electron chi connectivity index (χ4n) is 2.12. The molecule has 106 valence electrons. The topological polar surface area (TPSA) is 71.3 Å². The molecule has 0 saturated carbocycles. The van der Waals surface area contributed by atoms with E-state index in [2.05, 4.69) is 5.32 Å². The second-order valence-electron chi connectivity index (χ2n) is 5.24. The van der Waals surface area contributed by atoms with Crippen molar-refractivity contribution in [3.8, 4) is 0 Å². The Bertz CT molecular complexity index is 461. The van der Waals surface area contributed by atoms with Crippen LogP contribution in [0.25, 0.3) is 0 Å². The third-order valence-electron chi connectivity index (χ3n) is 2.81. The van der Waals surface area contributed by atoms with E-state index in [1.54, 1.807) is 12.3 Å². The number of amides is 1. The van der Waals surface area contributed by atoms with Gasteiger partial charge < -0.3 is 15.0 Å². The van der Waals surface area contributed by atoms with Crippen LogP contribution in [-0.2, 0) is 11.3 Å². The number of nitrogens with zero attached hydrogens (tertiary/aromatic N) is 1. The van der Waals surface area contributed by atoms with Crippen LogP contribution in [-0.4, -0.2) is 27.6 Å². The van der Waals surface area contributed by atoms with Crippen molar-refractivity contribution >= 4 is 11.9 Å². The zero-order valence-corrected chi connectivity index (χ0v) is 11.9. The number of rotatable bonds is 6. The van der Waals surface area contributed by atoms with E-state index in [-0.39, 0.29) is 17.9 Å². The molecule has 0 saturated heterocycles. The van der Waals surface area contributed by atoms with Gasteiger partial charge in [0, 0.05) is 30.9 Å². The Hall–Kier alpha value is -1.78. The molecule has 1 amide bonds. The zero-order valence-electron chi connectivity index (χ0n) is 11.9. The maximum Gasteiger partial charge on any atom is 0.337 e. The Morgan fingerprint density at radius 1 is 1.32 bits per heavy atom. The van der Waals surface area contributed by atoms with Gasteiger partial charge in [-0.2, -0.15) is 0 Å². The standard InChI is InChI=1S/C14H22N2O3/c1-9(2)13-11(14(18)19)5-7-16(13)8-6-12(17)15-10(3)4/h5,7,9-10H,6,8H2,1-4H3,(H,15,17)(H,18,19). The summed E-state index contributed by atoms with van der Waals surface area (Å²) in [6, 6.07) is 1.72. The lowest BCUT2D eigenvalue weighted by Crippen LogP contribution is -2.30. The summed E-state index contributed by atoms with van der Waals surface area (Å²) in [4.78, 5) is 22.7. The highest BCUT2D eigenvalue weighted by atomic mass is 16.4. The first kappa shape index (κ1) is 15.3. The highest BCUT2D eigenvalue weighted by Gasteiger charge is 2.18. The highest BCUT2D eigenvalue weighted by molar-refractivity contribution is 5.89. The van der Waals surface area contributed by atoms with E-state index in [1.165, 1.54) is 0 Å². The Labute approximate surface area is 113 Å². The number of nitrogens with one attached hydrogen (secondary N) is 1. The number of aryl methyl sites for hydroxylation is 1. The maximum absolute atomic E-state index is 11.6. The van der Waals surface area contributed by atoms with E-state index in [4.69, 9.17) is 5.11 Å². The number of carboxylic acids is 1. The molecule has 0 bridgehead atoms. The molecule has 1 aromatic heterocycles. The summed E-state index contributed by atoms with van der Waals surface area (Å²) in [7, 11) is 0. The second kappa shape index (κ2) is 6.41. The molecular formula is C14H22N2O3. The molecule has 5 nitrogen and oxygen atoms in total. The molecule has 0 fully saturated rings. The van der Waals surface area contributed by atoms with E-state index in [0.29, 0.717) is 18.5 Å². The SMILES string of the molecule is CC(C)NC(=O)CCn1ccc(C(=O)O)c1C(C)C. The molecular weight excluding hydrogens is 244 g/mol. The molecule has 0 aliphatic carbocycles. The summed E-state index contributed by atoms with van der Waals surface area (Å²) in [6.45, 7) is 8.23. The molecule has 0 spiro atoms. The monoisotopic (exact) mass is 266 g/mol. The second-order valence-corrected chi connectivity index (χ2v) is 5.24. The summed E-state index contributed by atoms with van der Waals surface area (Å²) < 4.78 is 1.86. The first-order valence-electron chi connectivity index (χ1n) is 6.54. The van der Waals surface area contributed by atoms with Gasteiger partial charge in [0.05, 0.1) is 5.56 Å². The Kier molecular flexibility index (Phi) is 5.15. The van der Waals surface area contributed by atoms with E-state index >= 15 is 0 Å². The van der Waals surface area contributed by atoms with Crippen LogP contribution in [0, 0.1) is 0 Å². The van der Waals surface area contributed by atoms with Gasteiger partial charge in [-0.1, -0.05) is 13.8 Å². The lowest BCUT2D eigenvalue weighted by Gasteiger charge is -2.14. The molecule has 19 heavy (non-hydrogen) atoms. The van der Waals surface area contributed by atoms with E-state index in [0.717, 1.165) is 5.69 Å². The van der Waals surface area contributed by atoms with Gasteiger partial charge in [-0.25, -0.2) is 4.79 Å². The van der Waals surface area contributed by atoms with E-state index < -0.39 is 5.97 Å². The molecule has 2 N–H and O–H groups in total. The van der Waals surface area contributed by atoms with Crippen molar-refractivity contribution in [2.24, 2.45) is 0 Å². The molecule has 1 heterocycles. The van der Waals surface area contributed by atoms with Gasteiger partial charge in [-0.05, 0) is 25.8 Å². The van der Waals surface area contributed by atoms with Gasteiger partial charge >= 0.3 is 5.97 Å². The number of aromatic carboxylic acids is 1. The summed E-state index contributed by atoms with van der Waals surface area (Å²) in [5.41, 5.74) is 1.09. The summed E-state index contributed by atoms with van der Waals surface area (Å²) in [5.74, 6) is -0.835. The largest absolute Gasteiger partial charge is 0.478 e. The average Bonchev–Trinajstić information content (AvgIpc) is 2.69. The first-order chi connectivity index (χ1) is 8.82. The number of carbonyl (C=O) groups is 2. The average molecular weight is 266 g/mol. The van der Waals surface area contributed by atoms with Crippen LogP contribution in [0.15, 0.2) is 12.3 Å². The van der Waals surface area contributed by atoms with Crippen LogP contribution in [0.4, 0.5) is 0 Å². The quantitative estimate of drug-likeness (QED) is 0.829. The first-order valence-corrected chi connectivity index (χ1v) is 6.54. The van der Waals surface area contributed by atoms with Crippen LogP contribution in [0.2, 0.25) is 0 Å². The molecule has 0 aliphatic heterocycles. The van der Waals surface area contributed by atoms with Crippen LogP contribution in [0.5, 0.6) is 0 Å². The Morgan fingerprint density at radius 3 is 2.42 bits per heavy atom. The number of carboxylic acid groups (broad SMARTS) is 1. The molecule has 5 heteroatoms. The van der Waals surface area contributed by atoms with Gasteiger partial charge in [-0.3, -0.25) is 4.79 Å². The van der Waals surface area contributed by atoms with Gasteiger partial charge in [0.15, 0.2) is 0 Å². The van der Waals surface area contributed by atoms with Gasteiger partial charge in [0.1, 0.15) is 0 Å². The smallest absolute Gasteiger partial charge is 0.337 e. The van der Waals surface area contributed by atoms with Gasteiger partial charge in [-0.15, -0.1) is 0 Å². The summed E-state index contributed by atoms with van der Waals surface area (Å²) in [6.07, 6.45) is 2.09. The van der Waals surface area contributed by atoms with Crippen molar-refractivity contribution in [3.05, 3.63) is 23.5 Å². The zero-order chi connectivity index (χ0) is 14.6. The highest BCUT2D eigenvalue weighted by Crippen LogP contribution is 2.21. The fraction of sp³-hybridized carbons (Fsp3) is 0.571. The van der Waals surface area contributed by atoms with Crippen molar-refractivity contribution in [2.75, 3.05) is 0 Å². The Balaban J connectivity index is 2.79. The van der Waals surface area contributed by atoms with E-state index in [1.807, 2.05) is 32.3 Å². The summed E-state index contributed by atoms with van der Waals surface area (Å²) >= 11 is 0. The lowest BCUT2D eigenvalue weighted by molar-refractivity contribution is -0.121. The third kappa shape index (κ3) is 4.12. The van der Waals surface area contributed by atoms with Crippen molar-refractivity contribution < 1.29 is 14.7 Å². The van der Waals surface area contributed by atoms with Crippen molar-refractivity contribution in [1.29, 1.82) is 0 Å². The predicted octanol–water partition coefficient (Wildman–Crippen LogP) is 2.22. The number of carbonyl (C=O) groups excluding carboxylic acids is 1. The van der Waals surface area contributed by atoms with Crippen molar-refractivity contribution in [1.82, 2.24) is 9.88 Å². The molecule has 1 rings (SSSR count). The van der Waals surface area contributed by atoms with Crippen LogP contribution >= 0.6 is 0 Å². The fourth-order valence-corrected chi connectivity index (χ4v) is 2.12. The number of hydrogen-bond donors (Lipinski definition) is 2. The minimum atomic E-state index is -0.922. The lowest BCUT2D eigenvalue weighted by atomic mass is 10.1.